The lowest BCUT2D eigenvalue weighted by atomic mass is 9.99. The minimum absolute atomic E-state index is 0.0631. The van der Waals surface area contributed by atoms with Gasteiger partial charge in [0.15, 0.2) is 6.10 Å². The highest BCUT2D eigenvalue weighted by molar-refractivity contribution is 5.71. The van der Waals surface area contributed by atoms with Crippen molar-refractivity contribution in [3.05, 3.63) is 0 Å². The zero-order valence-electron chi connectivity index (χ0n) is 39.5. The van der Waals surface area contributed by atoms with Crippen LogP contribution in [0, 0.1) is 5.92 Å². The Morgan fingerprint density at radius 2 is 0.603 bits per heavy atom. The summed E-state index contributed by atoms with van der Waals surface area (Å²) in [6.45, 7) is 9.03. The Kier molecular flexibility index (Phi) is 45.2. The summed E-state index contributed by atoms with van der Waals surface area (Å²) in [5.41, 5.74) is 0. The lowest BCUT2D eigenvalue weighted by molar-refractivity contribution is -0.167. The van der Waals surface area contributed by atoms with E-state index in [1.807, 2.05) is 0 Å². The number of hydrogen-bond donors (Lipinski definition) is 0. The van der Waals surface area contributed by atoms with Crippen molar-refractivity contribution in [3.8, 4) is 0 Å². The van der Waals surface area contributed by atoms with Crippen LogP contribution < -0.4 is 0 Å². The molecular formula is C52H100O6. The maximum absolute atomic E-state index is 12.7. The molecule has 0 bridgehead atoms. The van der Waals surface area contributed by atoms with Crippen LogP contribution in [0.5, 0.6) is 0 Å². The second kappa shape index (κ2) is 46.5. The van der Waals surface area contributed by atoms with Crippen molar-refractivity contribution in [2.45, 2.75) is 297 Å². The second-order valence-electron chi connectivity index (χ2n) is 18.1. The Morgan fingerprint density at radius 3 is 0.897 bits per heavy atom. The van der Waals surface area contributed by atoms with Crippen molar-refractivity contribution in [1.82, 2.24) is 0 Å². The number of carbonyl (C=O) groups excluding carboxylic acids is 3. The fourth-order valence-electron chi connectivity index (χ4n) is 7.83. The fourth-order valence-corrected chi connectivity index (χ4v) is 7.83. The third kappa shape index (κ3) is 44.0. The zero-order valence-corrected chi connectivity index (χ0v) is 39.5. The van der Waals surface area contributed by atoms with Crippen LogP contribution in [0.4, 0.5) is 0 Å². The lowest BCUT2D eigenvalue weighted by Crippen LogP contribution is -2.30. The molecule has 0 aromatic heterocycles. The van der Waals surface area contributed by atoms with Gasteiger partial charge in [0.1, 0.15) is 13.2 Å². The van der Waals surface area contributed by atoms with Crippen molar-refractivity contribution in [2.24, 2.45) is 5.92 Å². The molecule has 0 aromatic carbocycles. The smallest absolute Gasteiger partial charge is 0.306 e. The molecule has 0 heterocycles. The molecular weight excluding hydrogens is 721 g/mol. The molecule has 0 saturated heterocycles. The van der Waals surface area contributed by atoms with Gasteiger partial charge in [-0.1, -0.05) is 252 Å². The molecule has 0 fully saturated rings. The first-order valence-electron chi connectivity index (χ1n) is 25.9. The first kappa shape index (κ1) is 56.4. The number of rotatable bonds is 47. The van der Waals surface area contributed by atoms with Crippen LogP contribution >= 0.6 is 0 Å². The largest absolute Gasteiger partial charge is 0.462 e. The van der Waals surface area contributed by atoms with E-state index in [9.17, 15) is 14.4 Å². The molecule has 0 aliphatic rings. The molecule has 0 radical (unpaired) electrons. The summed E-state index contributed by atoms with van der Waals surface area (Å²) in [6, 6.07) is 0. The van der Waals surface area contributed by atoms with Gasteiger partial charge < -0.3 is 14.2 Å². The zero-order chi connectivity index (χ0) is 42.4. The number of hydrogen-bond acceptors (Lipinski definition) is 6. The third-order valence-electron chi connectivity index (χ3n) is 12.2. The van der Waals surface area contributed by atoms with Gasteiger partial charge in [-0.15, -0.1) is 0 Å². The van der Waals surface area contributed by atoms with Gasteiger partial charge >= 0.3 is 17.9 Å². The molecule has 0 N–H and O–H groups in total. The van der Waals surface area contributed by atoms with Crippen LogP contribution in [-0.2, 0) is 28.6 Å². The molecule has 58 heavy (non-hydrogen) atoms. The molecule has 2 atom stereocenters. The predicted octanol–water partition coefficient (Wildman–Crippen LogP) is 16.7. The molecule has 0 aromatic rings. The quantitative estimate of drug-likeness (QED) is 0.0346. The molecule has 0 aliphatic carbocycles. The number of esters is 3. The Bertz CT molecular complexity index is 874. The Labute approximate surface area is 361 Å². The topological polar surface area (TPSA) is 78.9 Å². The minimum Gasteiger partial charge on any atom is -0.462 e. The van der Waals surface area contributed by atoms with E-state index in [2.05, 4.69) is 27.7 Å². The summed E-state index contributed by atoms with van der Waals surface area (Å²) in [7, 11) is 0. The summed E-state index contributed by atoms with van der Waals surface area (Å²) in [5, 5.41) is 0. The van der Waals surface area contributed by atoms with Crippen LogP contribution in [0.15, 0.2) is 0 Å². The molecule has 6 nitrogen and oxygen atoms in total. The van der Waals surface area contributed by atoms with E-state index < -0.39 is 6.10 Å². The van der Waals surface area contributed by atoms with Gasteiger partial charge in [-0.25, -0.2) is 0 Å². The van der Waals surface area contributed by atoms with Gasteiger partial charge in [-0.05, 0) is 25.2 Å². The molecule has 0 rings (SSSR count). The molecule has 0 saturated carbocycles. The molecule has 344 valence electrons. The highest BCUT2D eigenvalue weighted by atomic mass is 16.6. The number of carbonyl (C=O) groups is 3. The summed E-state index contributed by atoms with van der Waals surface area (Å²) in [5.74, 6) is 0.0219. The van der Waals surface area contributed by atoms with Crippen molar-refractivity contribution in [1.29, 1.82) is 0 Å². The summed E-state index contributed by atoms with van der Waals surface area (Å²) < 4.78 is 16.8. The summed E-state index contributed by atoms with van der Waals surface area (Å²) in [6.07, 6.45) is 48.0. The van der Waals surface area contributed by atoms with Crippen molar-refractivity contribution >= 4 is 17.9 Å². The van der Waals surface area contributed by atoms with E-state index in [0.29, 0.717) is 19.3 Å². The Morgan fingerprint density at radius 1 is 0.345 bits per heavy atom. The first-order valence-corrected chi connectivity index (χ1v) is 25.9. The standard InChI is InChI=1S/C52H100O6/c1-5-8-10-12-14-16-17-18-19-20-21-22-23-28-31-35-39-43-50(53)56-46-49(58-52(55)45-41-37-33-26-15-13-11-9-6-2)47-57-51(54)44-40-36-32-29-25-24-27-30-34-38-42-48(4)7-3/h48-49H,5-47H2,1-4H3/t48?,49-/m1/s1. The normalized spacial score (nSPS) is 12.4. The van der Waals surface area contributed by atoms with Crippen molar-refractivity contribution < 1.29 is 28.6 Å². The average Bonchev–Trinajstić information content (AvgIpc) is 3.22. The minimum atomic E-state index is -0.760. The van der Waals surface area contributed by atoms with E-state index in [1.54, 1.807) is 0 Å². The third-order valence-corrected chi connectivity index (χ3v) is 12.2. The molecule has 0 aliphatic heterocycles. The maximum atomic E-state index is 12.7. The Hall–Kier alpha value is -1.59. The second-order valence-corrected chi connectivity index (χ2v) is 18.1. The van der Waals surface area contributed by atoms with Crippen molar-refractivity contribution in [2.75, 3.05) is 13.2 Å². The average molecular weight is 821 g/mol. The van der Waals surface area contributed by atoms with Crippen LogP contribution in [0.2, 0.25) is 0 Å². The SMILES string of the molecule is CCCCCCCCCCCCCCCCCCCC(=O)OC[C@H](COC(=O)CCCCCCCCCCCCC(C)CC)OC(=O)CCCCCCCCCCC. The molecule has 0 amide bonds. The lowest BCUT2D eigenvalue weighted by Gasteiger charge is -2.18. The monoisotopic (exact) mass is 821 g/mol. The fraction of sp³-hybridized carbons (Fsp3) is 0.942. The number of ether oxygens (including phenoxy) is 3. The van der Waals surface area contributed by atoms with E-state index in [0.717, 1.165) is 63.7 Å². The highest BCUT2D eigenvalue weighted by Gasteiger charge is 2.19. The maximum Gasteiger partial charge on any atom is 0.306 e. The van der Waals surface area contributed by atoms with Crippen LogP contribution in [0.1, 0.15) is 291 Å². The first-order chi connectivity index (χ1) is 28.4. The van der Waals surface area contributed by atoms with Gasteiger partial charge in [-0.3, -0.25) is 14.4 Å². The molecule has 1 unspecified atom stereocenters. The molecule has 6 heteroatoms. The van der Waals surface area contributed by atoms with Gasteiger partial charge in [0.2, 0.25) is 0 Å². The van der Waals surface area contributed by atoms with Gasteiger partial charge in [0.05, 0.1) is 0 Å². The summed E-state index contributed by atoms with van der Waals surface area (Å²) >= 11 is 0. The van der Waals surface area contributed by atoms with Crippen LogP contribution in [-0.4, -0.2) is 37.2 Å². The highest BCUT2D eigenvalue weighted by Crippen LogP contribution is 2.17. The van der Waals surface area contributed by atoms with Crippen LogP contribution in [0.25, 0.3) is 0 Å². The van der Waals surface area contributed by atoms with Crippen LogP contribution in [0.3, 0.4) is 0 Å². The van der Waals surface area contributed by atoms with E-state index in [1.165, 1.54) is 186 Å². The predicted molar refractivity (Wildman–Crippen MR) is 247 cm³/mol. The number of unbranched alkanes of at least 4 members (excludes halogenated alkanes) is 33. The van der Waals surface area contributed by atoms with Gasteiger partial charge in [0.25, 0.3) is 0 Å². The van der Waals surface area contributed by atoms with E-state index in [4.69, 9.17) is 14.2 Å². The van der Waals surface area contributed by atoms with E-state index >= 15 is 0 Å². The summed E-state index contributed by atoms with van der Waals surface area (Å²) in [4.78, 5) is 37.9. The van der Waals surface area contributed by atoms with Gasteiger partial charge in [0, 0.05) is 19.3 Å². The van der Waals surface area contributed by atoms with Gasteiger partial charge in [-0.2, -0.15) is 0 Å². The van der Waals surface area contributed by atoms with E-state index in [-0.39, 0.29) is 31.1 Å². The molecule has 0 spiro atoms. The Balaban J connectivity index is 4.23. The van der Waals surface area contributed by atoms with Crippen molar-refractivity contribution in [3.63, 3.8) is 0 Å².